The van der Waals surface area contributed by atoms with E-state index in [2.05, 4.69) is 0 Å². The van der Waals surface area contributed by atoms with Crippen molar-refractivity contribution in [2.75, 3.05) is 5.88 Å². The topological polar surface area (TPSA) is 68.3 Å². The van der Waals surface area contributed by atoms with Gasteiger partial charge in [-0.15, -0.1) is 11.6 Å². The minimum Gasteiger partial charge on any atom is -0.222 e. The Morgan fingerprint density at radius 1 is 0.727 bits per heavy atom. The maximum Gasteiger partial charge on any atom is 0.195 e. The monoisotopic (exact) mass is 358 g/mol. The molecule has 0 amide bonds. The smallest absolute Gasteiger partial charge is 0.195 e. The average molecular weight is 359 g/mol. The van der Waals surface area contributed by atoms with E-state index in [4.69, 9.17) is 11.6 Å². The molecule has 0 atom stereocenters. The van der Waals surface area contributed by atoms with Crippen LogP contribution >= 0.6 is 11.6 Å². The van der Waals surface area contributed by atoms with Crippen LogP contribution in [0.3, 0.4) is 0 Å². The summed E-state index contributed by atoms with van der Waals surface area (Å²) in [6, 6.07) is 15.1. The highest BCUT2D eigenvalue weighted by atomic mass is 35.5. The number of benzene rings is 2. The zero-order valence-electron chi connectivity index (χ0n) is 11.6. The quantitative estimate of drug-likeness (QED) is 0.744. The molecule has 2 aromatic carbocycles. The fourth-order valence-corrected chi connectivity index (χ4v) is 7.10. The number of rotatable bonds is 6. The first-order valence-corrected chi connectivity index (χ1v) is 10.2. The molecule has 0 unspecified atom stereocenters. The Morgan fingerprint density at radius 2 is 1.09 bits per heavy atom. The van der Waals surface area contributed by atoms with Gasteiger partial charge in [-0.25, -0.2) is 16.8 Å². The molecule has 7 heteroatoms. The first-order valence-electron chi connectivity index (χ1n) is 6.54. The van der Waals surface area contributed by atoms with E-state index in [1.807, 2.05) is 0 Å². The first-order chi connectivity index (χ1) is 10.4. The van der Waals surface area contributed by atoms with Crippen molar-refractivity contribution in [2.24, 2.45) is 0 Å². The van der Waals surface area contributed by atoms with Crippen LogP contribution in [0, 0.1) is 0 Å². The SMILES string of the molecule is O=S(=O)(c1ccccc1)C(CCCl)S(=O)(=O)c1ccccc1. The van der Waals surface area contributed by atoms with E-state index in [0.29, 0.717) is 0 Å². The van der Waals surface area contributed by atoms with Crippen molar-refractivity contribution < 1.29 is 16.8 Å². The van der Waals surface area contributed by atoms with Crippen molar-refractivity contribution in [3.8, 4) is 0 Å². The molecule has 0 spiro atoms. The maximum atomic E-state index is 12.7. The van der Waals surface area contributed by atoms with E-state index < -0.39 is 24.3 Å². The normalized spacial score (nSPS) is 12.5. The minimum atomic E-state index is -4.04. The number of hydrogen-bond acceptors (Lipinski definition) is 4. The fraction of sp³-hybridized carbons (Fsp3) is 0.200. The molecule has 0 N–H and O–H groups in total. The summed E-state index contributed by atoms with van der Waals surface area (Å²) in [6.07, 6.45) is -0.171. The van der Waals surface area contributed by atoms with Gasteiger partial charge in [-0.05, 0) is 30.7 Å². The molecule has 4 nitrogen and oxygen atoms in total. The molecule has 0 saturated heterocycles. The number of sulfone groups is 2. The summed E-state index contributed by atoms with van der Waals surface area (Å²) < 4.78 is 49.2. The van der Waals surface area contributed by atoms with E-state index in [-0.39, 0.29) is 22.1 Å². The summed E-state index contributed by atoms with van der Waals surface area (Å²) in [5.74, 6) is -0.0667. The Labute approximate surface area is 135 Å². The predicted octanol–water partition coefficient (Wildman–Crippen LogP) is 2.89. The highest BCUT2D eigenvalue weighted by molar-refractivity contribution is 8.09. The van der Waals surface area contributed by atoms with E-state index in [0.717, 1.165) is 0 Å². The second-order valence-electron chi connectivity index (χ2n) is 4.62. The summed E-state index contributed by atoms with van der Waals surface area (Å²) in [5.41, 5.74) is 0. The van der Waals surface area contributed by atoms with Crippen LogP contribution in [0.4, 0.5) is 0 Å². The summed E-state index contributed by atoms with van der Waals surface area (Å²) >= 11 is 5.65. The van der Waals surface area contributed by atoms with Gasteiger partial charge in [0.25, 0.3) is 0 Å². The number of halogens is 1. The lowest BCUT2D eigenvalue weighted by Gasteiger charge is -2.17. The third kappa shape index (κ3) is 3.34. The molecule has 0 heterocycles. The van der Waals surface area contributed by atoms with Gasteiger partial charge in [0, 0.05) is 5.88 Å². The number of hydrogen-bond donors (Lipinski definition) is 0. The summed E-state index contributed by atoms with van der Waals surface area (Å²) in [5, 5.41) is 0. The van der Waals surface area contributed by atoms with E-state index in [1.54, 1.807) is 36.4 Å². The average Bonchev–Trinajstić information content (AvgIpc) is 2.54. The molecule has 2 rings (SSSR count). The van der Waals surface area contributed by atoms with Gasteiger partial charge in [0.15, 0.2) is 24.3 Å². The van der Waals surface area contributed by atoms with E-state index in [9.17, 15) is 16.8 Å². The molecule has 22 heavy (non-hydrogen) atoms. The van der Waals surface area contributed by atoms with Crippen LogP contribution in [0.2, 0.25) is 0 Å². The van der Waals surface area contributed by atoms with Crippen molar-refractivity contribution in [1.82, 2.24) is 0 Å². The summed E-state index contributed by atoms with van der Waals surface area (Å²) in [4.78, 5) is -0.0470. The second-order valence-corrected chi connectivity index (χ2v) is 9.56. The van der Waals surface area contributed by atoms with E-state index in [1.165, 1.54) is 24.3 Å². The number of alkyl halides is 1. The van der Waals surface area contributed by atoms with Crippen LogP contribution in [0.1, 0.15) is 6.42 Å². The summed E-state index contributed by atoms with van der Waals surface area (Å²) in [6.45, 7) is 0. The lowest BCUT2D eigenvalue weighted by Crippen LogP contribution is -2.31. The molecule has 0 bridgehead atoms. The van der Waals surface area contributed by atoms with Crippen molar-refractivity contribution >= 4 is 31.3 Å². The zero-order chi connectivity index (χ0) is 16.2. The molecular weight excluding hydrogens is 344 g/mol. The van der Waals surface area contributed by atoms with Gasteiger partial charge in [0.1, 0.15) is 0 Å². The van der Waals surface area contributed by atoms with Gasteiger partial charge in [-0.2, -0.15) is 0 Å². The molecule has 0 saturated carbocycles. The fourth-order valence-electron chi connectivity index (χ4n) is 2.09. The highest BCUT2D eigenvalue weighted by Gasteiger charge is 2.39. The van der Waals surface area contributed by atoms with Crippen molar-refractivity contribution in [3.63, 3.8) is 0 Å². The zero-order valence-corrected chi connectivity index (χ0v) is 14.0. The van der Waals surface area contributed by atoms with Gasteiger partial charge >= 0.3 is 0 Å². The van der Waals surface area contributed by atoms with Crippen LogP contribution in [-0.2, 0) is 19.7 Å². The third-order valence-electron chi connectivity index (χ3n) is 3.18. The molecule has 118 valence electrons. The van der Waals surface area contributed by atoms with Crippen LogP contribution in [0.25, 0.3) is 0 Å². The molecular formula is C15H15ClO4S2. The predicted molar refractivity (Wildman–Crippen MR) is 86.4 cm³/mol. The Kier molecular flexibility index (Phi) is 5.26. The molecule has 0 aliphatic heterocycles. The maximum absolute atomic E-state index is 12.7. The third-order valence-corrected chi connectivity index (χ3v) is 8.63. The summed E-state index contributed by atoms with van der Waals surface area (Å²) in [7, 11) is -8.08. The Bertz CT molecular complexity index is 747. The molecule has 0 aromatic heterocycles. The Hall–Kier alpha value is -1.37. The largest absolute Gasteiger partial charge is 0.222 e. The van der Waals surface area contributed by atoms with Crippen molar-refractivity contribution in [2.45, 2.75) is 20.8 Å². The molecule has 2 aromatic rings. The van der Waals surface area contributed by atoms with Gasteiger partial charge in [0.2, 0.25) is 0 Å². The lowest BCUT2D eigenvalue weighted by atomic mass is 10.4. The second kappa shape index (κ2) is 6.81. The van der Waals surface area contributed by atoms with Gasteiger partial charge in [-0.3, -0.25) is 0 Å². The minimum absolute atomic E-state index is 0.0235. The van der Waals surface area contributed by atoms with Crippen molar-refractivity contribution in [1.29, 1.82) is 0 Å². The lowest BCUT2D eigenvalue weighted by molar-refractivity contribution is 0.572. The molecule has 0 radical (unpaired) electrons. The van der Waals surface area contributed by atoms with Crippen molar-refractivity contribution in [3.05, 3.63) is 60.7 Å². The Balaban J connectivity index is 2.56. The van der Waals surface area contributed by atoms with Gasteiger partial charge in [-0.1, -0.05) is 36.4 Å². The first kappa shape index (κ1) is 17.0. The molecule has 0 aliphatic carbocycles. The van der Waals surface area contributed by atoms with Gasteiger partial charge < -0.3 is 0 Å². The van der Waals surface area contributed by atoms with Crippen LogP contribution < -0.4 is 0 Å². The highest BCUT2D eigenvalue weighted by Crippen LogP contribution is 2.28. The molecule has 0 aliphatic rings. The van der Waals surface area contributed by atoms with Crippen LogP contribution in [0.5, 0.6) is 0 Å². The van der Waals surface area contributed by atoms with E-state index >= 15 is 0 Å². The Morgan fingerprint density at radius 3 is 1.41 bits per heavy atom. The molecule has 0 fully saturated rings. The standard InChI is InChI=1S/C15H15ClO4S2/c16-12-11-15(21(17,18)13-7-3-1-4-8-13)22(19,20)14-9-5-2-6-10-14/h1-10,15H,11-12H2. The van der Waals surface area contributed by atoms with Gasteiger partial charge in [0.05, 0.1) is 9.79 Å². The van der Waals surface area contributed by atoms with Crippen LogP contribution in [-0.4, -0.2) is 27.3 Å². The van der Waals surface area contributed by atoms with Crippen LogP contribution in [0.15, 0.2) is 70.5 Å².